The van der Waals surface area contributed by atoms with Gasteiger partial charge in [0.05, 0.1) is 12.0 Å². The second-order valence-corrected chi connectivity index (χ2v) is 5.68. The molecular formula is C17H17ClN2O. The van der Waals surface area contributed by atoms with Crippen LogP contribution in [0.1, 0.15) is 30.0 Å². The Labute approximate surface area is 129 Å². The molecule has 0 aliphatic carbocycles. The lowest BCUT2D eigenvalue weighted by molar-refractivity contribution is -0.122. The van der Waals surface area contributed by atoms with Crippen LogP contribution in [0.4, 0.5) is 5.69 Å². The number of rotatable bonds is 3. The van der Waals surface area contributed by atoms with Crippen LogP contribution in [0.3, 0.4) is 0 Å². The predicted molar refractivity (Wildman–Crippen MR) is 85.7 cm³/mol. The largest absolute Gasteiger partial charge is 0.384 e. The molecular weight excluding hydrogens is 284 g/mol. The lowest BCUT2D eigenvalue weighted by Gasteiger charge is -2.18. The molecule has 2 atom stereocenters. The highest BCUT2D eigenvalue weighted by Crippen LogP contribution is 2.32. The minimum absolute atomic E-state index is 0.0277. The molecule has 1 heterocycles. The number of hydrogen-bond donors (Lipinski definition) is 2. The minimum atomic E-state index is -0.147. The molecule has 4 heteroatoms. The van der Waals surface area contributed by atoms with Crippen LogP contribution in [-0.2, 0) is 4.79 Å². The summed E-state index contributed by atoms with van der Waals surface area (Å²) >= 11 is 6.18. The van der Waals surface area contributed by atoms with Crippen LogP contribution >= 0.6 is 11.6 Å². The van der Waals surface area contributed by atoms with Crippen molar-refractivity contribution in [3.8, 4) is 0 Å². The van der Waals surface area contributed by atoms with Gasteiger partial charge in [-0.25, -0.2) is 0 Å². The summed E-state index contributed by atoms with van der Waals surface area (Å²) in [6.07, 6.45) is 0. The van der Waals surface area contributed by atoms with Crippen molar-refractivity contribution >= 4 is 23.2 Å². The molecule has 1 amide bonds. The van der Waals surface area contributed by atoms with Crippen molar-refractivity contribution in [1.29, 1.82) is 0 Å². The second kappa shape index (κ2) is 5.78. The number of benzene rings is 2. The van der Waals surface area contributed by atoms with E-state index in [1.165, 1.54) is 0 Å². The van der Waals surface area contributed by atoms with E-state index in [4.69, 9.17) is 11.6 Å². The fourth-order valence-corrected chi connectivity index (χ4v) is 3.04. The van der Waals surface area contributed by atoms with Gasteiger partial charge in [-0.15, -0.1) is 0 Å². The van der Waals surface area contributed by atoms with Crippen LogP contribution in [0.25, 0.3) is 0 Å². The summed E-state index contributed by atoms with van der Waals surface area (Å²) in [6, 6.07) is 15.4. The lowest BCUT2D eigenvalue weighted by Crippen LogP contribution is -2.32. The van der Waals surface area contributed by atoms with E-state index >= 15 is 0 Å². The van der Waals surface area contributed by atoms with E-state index in [-0.39, 0.29) is 17.9 Å². The summed E-state index contributed by atoms with van der Waals surface area (Å²) in [5.74, 6) is -0.119. The standard InChI is InChI=1S/C17H17ClN2O/c1-11(12-6-2-4-8-15(12)18)20-17(21)14-10-19-16-9-5-3-7-13(14)16/h2-9,11,14,19H,10H2,1H3,(H,20,21)/t11-,14?/m0/s1. The molecule has 0 saturated heterocycles. The van der Waals surface area contributed by atoms with Gasteiger partial charge in [-0.05, 0) is 30.2 Å². The molecule has 0 saturated carbocycles. The molecule has 1 unspecified atom stereocenters. The smallest absolute Gasteiger partial charge is 0.229 e. The summed E-state index contributed by atoms with van der Waals surface area (Å²) in [6.45, 7) is 2.59. The minimum Gasteiger partial charge on any atom is -0.384 e. The molecule has 0 spiro atoms. The first-order valence-corrected chi connectivity index (χ1v) is 7.42. The molecule has 3 rings (SSSR count). The number of carbonyl (C=O) groups excluding carboxylic acids is 1. The van der Waals surface area contributed by atoms with E-state index in [1.54, 1.807) is 0 Å². The van der Waals surface area contributed by atoms with Gasteiger partial charge in [-0.3, -0.25) is 4.79 Å². The van der Waals surface area contributed by atoms with Gasteiger partial charge in [0, 0.05) is 17.3 Å². The normalized spacial score (nSPS) is 17.7. The first-order valence-electron chi connectivity index (χ1n) is 7.04. The molecule has 0 aromatic heterocycles. The molecule has 1 aliphatic rings. The summed E-state index contributed by atoms with van der Waals surface area (Å²) in [7, 11) is 0. The summed E-state index contributed by atoms with van der Waals surface area (Å²) in [4.78, 5) is 12.5. The Bertz CT molecular complexity index is 671. The maximum absolute atomic E-state index is 12.5. The molecule has 21 heavy (non-hydrogen) atoms. The van der Waals surface area contributed by atoms with Crippen LogP contribution in [0.15, 0.2) is 48.5 Å². The SMILES string of the molecule is C[C@H](NC(=O)C1CNc2ccccc21)c1ccccc1Cl. The molecule has 2 aromatic carbocycles. The third-order valence-electron chi connectivity index (χ3n) is 3.88. The molecule has 0 radical (unpaired) electrons. The van der Waals surface area contributed by atoms with Gasteiger partial charge in [0.25, 0.3) is 0 Å². The zero-order valence-corrected chi connectivity index (χ0v) is 12.5. The van der Waals surface area contributed by atoms with E-state index in [1.807, 2.05) is 55.5 Å². The third-order valence-corrected chi connectivity index (χ3v) is 4.22. The average Bonchev–Trinajstić information content (AvgIpc) is 2.91. The first-order chi connectivity index (χ1) is 10.2. The van der Waals surface area contributed by atoms with Gasteiger partial charge >= 0.3 is 0 Å². The Kier molecular flexibility index (Phi) is 3.84. The number of carbonyl (C=O) groups is 1. The molecule has 2 aromatic rings. The Hall–Kier alpha value is -2.00. The van der Waals surface area contributed by atoms with Gasteiger partial charge in [-0.1, -0.05) is 48.0 Å². The summed E-state index contributed by atoms with van der Waals surface area (Å²) in [5.41, 5.74) is 3.04. The third kappa shape index (κ3) is 2.74. The second-order valence-electron chi connectivity index (χ2n) is 5.27. The van der Waals surface area contributed by atoms with E-state index in [0.717, 1.165) is 16.8 Å². The van der Waals surface area contributed by atoms with Crippen molar-refractivity contribution in [2.75, 3.05) is 11.9 Å². The monoisotopic (exact) mass is 300 g/mol. The predicted octanol–water partition coefficient (Wildman–Crippen LogP) is 3.73. The van der Waals surface area contributed by atoms with Gasteiger partial charge in [0.1, 0.15) is 0 Å². The van der Waals surface area contributed by atoms with Crippen molar-refractivity contribution in [2.24, 2.45) is 0 Å². The highest BCUT2D eigenvalue weighted by molar-refractivity contribution is 6.31. The molecule has 2 N–H and O–H groups in total. The van der Waals surface area contributed by atoms with Gasteiger partial charge in [0.2, 0.25) is 5.91 Å². The van der Waals surface area contributed by atoms with Crippen LogP contribution in [0.2, 0.25) is 5.02 Å². The van der Waals surface area contributed by atoms with E-state index in [2.05, 4.69) is 10.6 Å². The highest BCUT2D eigenvalue weighted by Gasteiger charge is 2.29. The number of fused-ring (bicyclic) bond motifs is 1. The summed E-state index contributed by atoms with van der Waals surface area (Å²) < 4.78 is 0. The Morgan fingerprint density at radius 1 is 1.24 bits per heavy atom. The van der Waals surface area contributed by atoms with Crippen LogP contribution in [0.5, 0.6) is 0 Å². The van der Waals surface area contributed by atoms with Crippen LogP contribution in [0, 0.1) is 0 Å². The molecule has 108 valence electrons. The quantitative estimate of drug-likeness (QED) is 0.907. The topological polar surface area (TPSA) is 41.1 Å². The number of amides is 1. The van der Waals surface area contributed by atoms with E-state index in [0.29, 0.717) is 11.6 Å². The van der Waals surface area contributed by atoms with Crippen molar-refractivity contribution in [3.63, 3.8) is 0 Å². The van der Waals surface area contributed by atoms with Gasteiger partial charge in [-0.2, -0.15) is 0 Å². The first kappa shape index (κ1) is 14.0. The molecule has 0 fully saturated rings. The Morgan fingerprint density at radius 3 is 2.76 bits per heavy atom. The summed E-state index contributed by atoms with van der Waals surface area (Å²) in [5, 5.41) is 7.00. The number of nitrogens with one attached hydrogen (secondary N) is 2. The van der Waals surface area contributed by atoms with Crippen molar-refractivity contribution in [3.05, 3.63) is 64.7 Å². The fraction of sp³-hybridized carbons (Fsp3) is 0.235. The maximum atomic E-state index is 12.5. The van der Waals surface area contributed by atoms with Gasteiger partial charge < -0.3 is 10.6 Å². The van der Waals surface area contributed by atoms with E-state index in [9.17, 15) is 4.79 Å². The zero-order valence-electron chi connectivity index (χ0n) is 11.8. The van der Waals surface area contributed by atoms with E-state index < -0.39 is 0 Å². The maximum Gasteiger partial charge on any atom is 0.229 e. The zero-order chi connectivity index (χ0) is 14.8. The average molecular weight is 301 g/mol. The molecule has 0 bridgehead atoms. The lowest BCUT2D eigenvalue weighted by atomic mass is 9.99. The van der Waals surface area contributed by atoms with Crippen LogP contribution in [-0.4, -0.2) is 12.5 Å². The van der Waals surface area contributed by atoms with Crippen molar-refractivity contribution in [1.82, 2.24) is 5.32 Å². The number of halogens is 1. The Balaban J connectivity index is 1.75. The van der Waals surface area contributed by atoms with Gasteiger partial charge in [0.15, 0.2) is 0 Å². The van der Waals surface area contributed by atoms with Crippen molar-refractivity contribution in [2.45, 2.75) is 18.9 Å². The number of anilines is 1. The fourth-order valence-electron chi connectivity index (χ4n) is 2.74. The highest BCUT2D eigenvalue weighted by atomic mass is 35.5. The van der Waals surface area contributed by atoms with Crippen molar-refractivity contribution < 1.29 is 4.79 Å². The molecule has 3 nitrogen and oxygen atoms in total. The Morgan fingerprint density at radius 2 is 1.95 bits per heavy atom. The number of para-hydroxylation sites is 1. The molecule has 1 aliphatic heterocycles. The number of hydrogen-bond acceptors (Lipinski definition) is 2. The van der Waals surface area contributed by atoms with Crippen LogP contribution < -0.4 is 10.6 Å².